The van der Waals surface area contributed by atoms with Crippen LogP contribution in [0.5, 0.6) is 0 Å². The fraction of sp³-hybridized carbons (Fsp3) is 0.800. The minimum atomic E-state index is -0.814. The molecule has 0 radical (unpaired) electrons. The van der Waals surface area contributed by atoms with Crippen LogP contribution in [0.4, 0.5) is 4.79 Å². The molecule has 14 heavy (non-hydrogen) atoms. The first kappa shape index (κ1) is 9.49. The largest absolute Gasteiger partial charge is 0.465 e. The fourth-order valence-electron chi connectivity index (χ4n) is 2.73. The van der Waals surface area contributed by atoms with Gasteiger partial charge in [-0.15, -0.1) is 0 Å². The van der Waals surface area contributed by atoms with Gasteiger partial charge in [-0.1, -0.05) is 0 Å². The number of hydrogen-bond acceptors (Lipinski definition) is 2. The lowest BCUT2D eigenvalue weighted by Gasteiger charge is -2.50. The topological polar surface area (TPSA) is 57.6 Å². The molecule has 1 heterocycles. The Morgan fingerprint density at radius 1 is 1.36 bits per heavy atom. The lowest BCUT2D eigenvalue weighted by atomic mass is 9.58. The van der Waals surface area contributed by atoms with Crippen LogP contribution in [0.1, 0.15) is 25.7 Å². The van der Waals surface area contributed by atoms with Crippen LogP contribution in [0.2, 0.25) is 0 Å². The second kappa shape index (κ2) is 3.26. The standard InChI is InChI=1S/C10H15NO3/c12-7-8-5-10(6-8)1-3-11(4-2-10)9(13)14/h7-8H,1-6H2,(H,13,14). The van der Waals surface area contributed by atoms with Crippen LogP contribution in [-0.2, 0) is 4.79 Å². The monoisotopic (exact) mass is 197 g/mol. The molecule has 4 heteroatoms. The summed E-state index contributed by atoms with van der Waals surface area (Å²) in [5.74, 6) is 0.242. The summed E-state index contributed by atoms with van der Waals surface area (Å²) in [6, 6.07) is 0. The Hall–Kier alpha value is -1.06. The number of carbonyl (C=O) groups is 2. The average molecular weight is 197 g/mol. The highest BCUT2D eigenvalue weighted by Crippen LogP contribution is 2.51. The van der Waals surface area contributed by atoms with E-state index in [1.54, 1.807) is 0 Å². The van der Waals surface area contributed by atoms with Gasteiger partial charge in [-0.2, -0.15) is 0 Å². The van der Waals surface area contributed by atoms with Gasteiger partial charge in [0.1, 0.15) is 6.29 Å². The van der Waals surface area contributed by atoms with Crippen LogP contribution in [0.25, 0.3) is 0 Å². The Morgan fingerprint density at radius 3 is 2.36 bits per heavy atom. The molecule has 0 unspecified atom stereocenters. The molecule has 0 bridgehead atoms. The summed E-state index contributed by atoms with van der Waals surface area (Å²) in [5, 5.41) is 8.77. The highest BCUT2D eigenvalue weighted by Gasteiger charge is 2.46. The van der Waals surface area contributed by atoms with Crippen LogP contribution in [0.15, 0.2) is 0 Å². The maximum absolute atomic E-state index is 10.7. The van der Waals surface area contributed by atoms with Crippen molar-refractivity contribution < 1.29 is 14.7 Å². The van der Waals surface area contributed by atoms with E-state index in [-0.39, 0.29) is 5.92 Å². The first-order chi connectivity index (χ1) is 6.65. The summed E-state index contributed by atoms with van der Waals surface area (Å²) in [6.45, 7) is 1.28. The summed E-state index contributed by atoms with van der Waals surface area (Å²) in [5.41, 5.74) is 0.303. The van der Waals surface area contributed by atoms with Crippen molar-refractivity contribution in [2.45, 2.75) is 25.7 Å². The Kier molecular flexibility index (Phi) is 2.21. The summed E-state index contributed by atoms with van der Waals surface area (Å²) in [6.07, 6.45) is 4.04. The molecule has 1 aliphatic carbocycles. The van der Waals surface area contributed by atoms with Crippen LogP contribution in [-0.4, -0.2) is 35.5 Å². The lowest BCUT2D eigenvalue weighted by molar-refractivity contribution is -0.119. The van der Waals surface area contributed by atoms with Crippen LogP contribution >= 0.6 is 0 Å². The molecule has 2 fully saturated rings. The number of aldehydes is 1. The van der Waals surface area contributed by atoms with E-state index in [4.69, 9.17) is 5.11 Å². The van der Waals surface area contributed by atoms with E-state index in [9.17, 15) is 9.59 Å². The van der Waals surface area contributed by atoms with Crippen LogP contribution in [0.3, 0.4) is 0 Å². The van der Waals surface area contributed by atoms with Gasteiger partial charge < -0.3 is 14.8 Å². The van der Waals surface area contributed by atoms with Gasteiger partial charge in [-0.25, -0.2) is 4.79 Å². The first-order valence-electron chi connectivity index (χ1n) is 5.08. The van der Waals surface area contributed by atoms with Crippen molar-refractivity contribution in [2.24, 2.45) is 11.3 Å². The Morgan fingerprint density at radius 2 is 1.93 bits per heavy atom. The van der Waals surface area contributed by atoms with Crippen LogP contribution in [0, 0.1) is 11.3 Å². The minimum absolute atomic E-state index is 0.242. The van der Waals surface area contributed by atoms with Crippen molar-refractivity contribution >= 4 is 12.4 Å². The third-order valence-corrected chi connectivity index (χ3v) is 3.68. The quantitative estimate of drug-likeness (QED) is 0.645. The third kappa shape index (κ3) is 1.49. The molecule has 1 saturated heterocycles. The number of rotatable bonds is 1. The summed E-state index contributed by atoms with van der Waals surface area (Å²) >= 11 is 0. The maximum atomic E-state index is 10.7. The van der Waals surface area contributed by atoms with Gasteiger partial charge in [0.2, 0.25) is 0 Å². The average Bonchev–Trinajstić information content (AvgIpc) is 2.14. The van der Waals surface area contributed by atoms with Gasteiger partial charge in [-0.05, 0) is 31.1 Å². The minimum Gasteiger partial charge on any atom is -0.465 e. The molecule has 1 aliphatic heterocycles. The molecule has 0 atom stereocenters. The molecule has 0 aromatic carbocycles. The van der Waals surface area contributed by atoms with Gasteiger partial charge in [0, 0.05) is 19.0 Å². The summed E-state index contributed by atoms with van der Waals surface area (Å²) < 4.78 is 0. The molecule has 4 nitrogen and oxygen atoms in total. The van der Waals surface area contributed by atoms with Crippen LogP contribution < -0.4 is 0 Å². The van der Waals surface area contributed by atoms with E-state index in [2.05, 4.69) is 0 Å². The molecule has 0 aromatic rings. The molecule has 1 N–H and O–H groups in total. The Labute approximate surface area is 82.9 Å². The van der Waals surface area contributed by atoms with Gasteiger partial charge in [-0.3, -0.25) is 0 Å². The van der Waals surface area contributed by atoms with Crippen molar-refractivity contribution in [2.75, 3.05) is 13.1 Å². The summed E-state index contributed by atoms with van der Waals surface area (Å²) in [7, 11) is 0. The third-order valence-electron chi connectivity index (χ3n) is 3.68. The number of likely N-dealkylation sites (tertiary alicyclic amines) is 1. The molecular weight excluding hydrogens is 182 g/mol. The van der Waals surface area contributed by atoms with E-state index >= 15 is 0 Å². The number of hydrogen-bond donors (Lipinski definition) is 1. The molecule has 1 amide bonds. The number of piperidine rings is 1. The van der Waals surface area contributed by atoms with Gasteiger partial charge in [0.25, 0.3) is 0 Å². The van der Waals surface area contributed by atoms with Gasteiger partial charge in [0.05, 0.1) is 0 Å². The SMILES string of the molecule is O=CC1CC2(CCN(C(=O)O)CC2)C1. The number of amides is 1. The van der Waals surface area contributed by atoms with E-state index in [1.165, 1.54) is 4.90 Å². The predicted octanol–water partition coefficient (Wildman–Crippen LogP) is 1.36. The lowest BCUT2D eigenvalue weighted by Crippen LogP contribution is -2.48. The Balaban J connectivity index is 1.85. The zero-order valence-corrected chi connectivity index (χ0v) is 8.11. The number of carbonyl (C=O) groups excluding carboxylic acids is 1. The molecule has 0 aromatic heterocycles. The molecule has 1 spiro atoms. The second-order valence-electron chi connectivity index (χ2n) is 4.57. The highest BCUT2D eigenvalue weighted by atomic mass is 16.4. The highest BCUT2D eigenvalue weighted by molar-refractivity contribution is 5.65. The Bertz CT molecular complexity index is 248. The molecule has 2 aliphatic rings. The van der Waals surface area contributed by atoms with E-state index in [1.807, 2.05) is 0 Å². The second-order valence-corrected chi connectivity index (χ2v) is 4.57. The van der Waals surface area contributed by atoms with E-state index < -0.39 is 6.09 Å². The van der Waals surface area contributed by atoms with E-state index in [0.29, 0.717) is 18.5 Å². The molecular formula is C10H15NO3. The van der Waals surface area contributed by atoms with Crippen molar-refractivity contribution in [1.82, 2.24) is 4.90 Å². The fourth-order valence-corrected chi connectivity index (χ4v) is 2.73. The molecule has 2 rings (SSSR count). The van der Waals surface area contributed by atoms with Crippen molar-refractivity contribution in [3.8, 4) is 0 Å². The number of carboxylic acid groups (broad SMARTS) is 1. The van der Waals surface area contributed by atoms with Crippen molar-refractivity contribution in [3.63, 3.8) is 0 Å². The molecule has 78 valence electrons. The maximum Gasteiger partial charge on any atom is 0.407 e. The van der Waals surface area contributed by atoms with Gasteiger partial charge >= 0.3 is 6.09 Å². The predicted molar refractivity (Wildman–Crippen MR) is 50.1 cm³/mol. The van der Waals surface area contributed by atoms with Gasteiger partial charge in [0.15, 0.2) is 0 Å². The molecule has 1 saturated carbocycles. The number of nitrogens with zero attached hydrogens (tertiary/aromatic N) is 1. The van der Waals surface area contributed by atoms with E-state index in [0.717, 1.165) is 32.0 Å². The summed E-state index contributed by atoms with van der Waals surface area (Å²) in [4.78, 5) is 22.6. The van der Waals surface area contributed by atoms with Crippen molar-refractivity contribution in [3.05, 3.63) is 0 Å². The van der Waals surface area contributed by atoms with Crippen molar-refractivity contribution in [1.29, 1.82) is 0 Å². The zero-order chi connectivity index (χ0) is 10.2. The normalized spacial score (nSPS) is 25.9. The zero-order valence-electron chi connectivity index (χ0n) is 8.11. The first-order valence-corrected chi connectivity index (χ1v) is 5.08. The smallest absolute Gasteiger partial charge is 0.407 e.